The molecule has 1 saturated heterocycles. The number of amides is 4. The molecule has 3 rings (SSSR count). The molecule has 4 amide bonds. The number of carbonyl (C=O) groups is 3. The van der Waals surface area contributed by atoms with Crippen molar-refractivity contribution in [1.82, 2.24) is 15.8 Å². The molecule has 0 bridgehead atoms. The number of hydrogen-bond donors (Lipinski definition) is 3. The van der Waals surface area contributed by atoms with Gasteiger partial charge in [-0.25, -0.2) is 13.2 Å². The highest BCUT2D eigenvalue weighted by molar-refractivity contribution is 7.92. The molecule has 0 unspecified atom stereocenters. The Labute approximate surface area is 163 Å². The highest BCUT2D eigenvalue weighted by Gasteiger charge is 2.52. The molecule has 2 fully saturated rings. The second kappa shape index (κ2) is 7.08. The van der Waals surface area contributed by atoms with Crippen molar-refractivity contribution in [2.45, 2.75) is 45.1 Å². The first-order chi connectivity index (χ1) is 13.0. The summed E-state index contributed by atoms with van der Waals surface area (Å²) in [6.07, 6.45) is 3.74. The van der Waals surface area contributed by atoms with Crippen LogP contribution in [0.15, 0.2) is 18.2 Å². The van der Waals surface area contributed by atoms with Crippen LogP contribution in [-0.4, -0.2) is 43.1 Å². The number of nitrogens with zero attached hydrogens (tertiary/aromatic N) is 1. The Balaban J connectivity index is 1.77. The third kappa shape index (κ3) is 3.96. The number of urea groups is 1. The fourth-order valence-electron chi connectivity index (χ4n) is 3.55. The summed E-state index contributed by atoms with van der Waals surface area (Å²) in [5.74, 6) is -0.645. The molecule has 9 nitrogen and oxygen atoms in total. The maximum absolute atomic E-state index is 12.8. The Morgan fingerprint density at radius 2 is 1.89 bits per heavy atom. The number of nitrogens with one attached hydrogen (secondary N) is 3. The van der Waals surface area contributed by atoms with Crippen molar-refractivity contribution in [2.24, 2.45) is 5.92 Å². The summed E-state index contributed by atoms with van der Waals surface area (Å²) in [5, 5.41) is 3.45. The predicted octanol–water partition coefficient (Wildman–Crippen LogP) is 1.51. The van der Waals surface area contributed by atoms with Crippen molar-refractivity contribution in [2.75, 3.05) is 11.0 Å². The highest BCUT2D eigenvalue weighted by atomic mass is 32.2. The minimum atomic E-state index is -3.52. The number of benzene rings is 1. The summed E-state index contributed by atoms with van der Waals surface area (Å²) >= 11 is 0. The van der Waals surface area contributed by atoms with Gasteiger partial charge in [-0.1, -0.05) is 13.0 Å². The number of rotatable bonds is 4. The lowest BCUT2D eigenvalue weighted by molar-refractivity contribution is -0.134. The molecule has 1 saturated carbocycles. The molecule has 1 aromatic carbocycles. The number of hydrazine groups is 1. The van der Waals surface area contributed by atoms with Crippen LogP contribution in [0.25, 0.3) is 0 Å². The molecule has 1 spiro atoms. The molecular formula is C18H24N4O5S. The van der Waals surface area contributed by atoms with Crippen molar-refractivity contribution in [3.05, 3.63) is 29.3 Å². The van der Waals surface area contributed by atoms with Crippen LogP contribution in [0.1, 0.15) is 48.5 Å². The summed E-state index contributed by atoms with van der Waals surface area (Å²) in [6, 6.07) is 3.78. The summed E-state index contributed by atoms with van der Waals surface area (Å²) in [7, 11) is -3.52. The van der Waals surface area contributed by atoms with Gasteiger partial charge in [0.1, 0.15) is 5.54 Å². The average Bonchev–Trinajstić information content (AvgIpc) is 2.83. The first-order valence-electron chi connectivity index (χ1n) is 9.07. The molecule has 1 heterocycles. The minimum Gasteiger partial charge on any atom is -0.322 e. The number of hydrogen-bond acceptors (Lipinski definition) is 5. The molecule has 1 aliphatic heterocycles. The van der Waals surface area contributed by atoms with Crippen molar-refractivity contribution in [3.8, 4) is 0 Å². The zero-order chi connectivity index (χ0) is 20.7. The summed E-state index contributed by atoms with van der Waals surface area (Å²) in [4.78, 5) is 37.7. The molecule has 3 N–H and O–H groups in total. The largest absolute Gasteiger partial charge is 0.344 e. The maximum atomic E-state index is 12.8. The monoisotopic (exact) mass is 408 g/mol. The molecule has 10 heteroatoms. The van der Waals surface area contributed by atoms with Gasteiger partial charge in [-0.2, -0.15) is 5.01 Å². The van der Waals surface area contributed by atoms with Crippen molar-refractivity contribution in [1.29, 1.82) is 0 Å². The van der Waals surface area contributed by atoms with Gasteiger partial charge in [0, 0.05) is 5.56 Å². The van der Waals surface area contributed by atoms with E-state index in [2.05, 4.69) is 22.4 Å². The first-order valence-corrected chi connectivity index (χ1v) is 11.0. The zero-order valence-corrected chi connectivity index (χ0v) is 16.9. The van der Waals surface area contributed by atoms with E-state index in [0.717, 1.165) is 24.1 Å². The lowest BCUT2D eigenvalue weighted by atomic mass is 9.77. The fraction of sp³-hybridized carbons (Fsp3) is 0.500. The zero-order valence-electron chi connectivity index (χ0n) is 16.0. The second-order valence-electron chi connectivity index (χ2n) is 7.68. The molecule has 0 atom stereocenters. The van der Waals surface area contributed by atoms with Gasteiger partial charge >= 0.3 is 6.03 Å². The Kier molecular flexibility index (Phi) is 5.09. The van der Waals surface area contributed by atoms with Crippen LogP contribution >= 0.6 is 0 Å². The minimum absolute atomic E-state index is 0.121. The topological polar surface area (TPSA) is 125 Å². The molecule has 0 radical (unpaired) electrons. The molecule has 2 aliphatic rings. The molecule has 1 aromatic rings. The molecule has 1 aliphatic carbocycles. The Hall–Kier alpha value is -2.62. The van der Waals surface area contributed by atoms with E-state index in [4.69, 9.17) is 0 Å². The van der Waals surface area contributed by atoms with Gasteiger partial charge in [0.25, 0.3) is 11.8 Å². The van der Waals surface area contributed by atoms with Gasteiger partial charge in [-0.05, 0) is 56.2 Å². The number of imide groups is 1. The van der Waals surface area contributed by atoms with E-state index in [0.29, 0.717) is 24.3 Å². The Morgan fingerprint density at radius 1 is 1.25 bits per heavy atom. The molecule has 0 aromatic heterocycles. The summed E-state index contributed by atoms with van der Waals surface area (Å²) < 4.78 is 25.3. The third-order valence-corrected chi connectivity index (χ3v) is 5.89. The van der Waals surface area contributed by atoms with Crippen molar-refractivity contribution in [3.63, 3.8) is 0 Å². The number of anilines is 1. The Bertz CT molecular complexity index is 935. The van der Waals surface area contributed by atoms with Crippen molar-refractivity contribution < 1.29 is 22.8 Å². The molecule has 152 valence electrons. The van der Waals surface area contributed by atoms with E-state index >= 15 is 0 Å². The van der Waals surface area contributed by atoms with Gasteiger partial charge in [0.2, 0.25) is 10.0 Å². The van der Waals surface area contributed by atoms with E-state index in [1.165, 1.54) is 12.1 Å². The van der Waals surface area contributed by atoms with Gasteiger partial charge in [-0.15, -0.1) is 0 Å². The summed E-state index contributed by atoms with van der Waals surface area (Å²) in [6.45, 7) is 3.80. The lowest BCUT2D eigenvalue weighted by Crippen LogP contribution is -2.51. The second-order valence-corrected chi connectivity index (χ2v) is 9.43. The van der Waals surface area contributed by atoms with Crippen LogP contribution in [0.2, 0.25) is 0 Å². The van der Waals surface area contributed by atoms with Gasteiger partial charge in [0.15, 0.2) is 0 Å². The van der Waals surface area contributed by atoms with Crippen LogP contribution < -0.4 is 15.5 Å². The first kappa shape index (κ1) is 20.1. The van der Waals surface area contributed by atoms with E-state index < -0.39 is 33.4 Å². The highest BCUT2D eigenvalue weighted by Crippen LogP contribution is 2.35. The normalized spacial score (nSPS) is 25.0. The molecule has 28 heavy (non-hydrogen) atoms. The smallest absolute Gasteiger partial charge is 0.322 e. The average molecular weight is 408 g/mol. The van der Waals surface area contributed by atoms with Gasteiger partial charge in [0.05, 0.1) is 11.9 Å². The Morgan fingerprint density at radius 3 is 2.50 bits per heavy atom. The van der Waals surface area contributed by atoms with Crippen LogP contribution in [0.3, 0.4) is 0 Å². The SMILES string of the molecule is Cc1ccc(C(=O)NN2C(=O)NC3(CCC(C)CC3)C2=O)cc1NS(C)(=O)=O. The molecular weight excluding hydrogens is 384 g/mol. The summed E-state index contributed by atoms with van der Waals surface area (Å²) in [5.41, 5.74) is 2.40. The van der Waals surface area contributed by atoms with Crippen LogP contribution in [0.5, 0.6) is 0 Å². The fourth-order valence-corrected chi connectivity index (χ4v) is 4.17. The van der Waals surface area contributed by atoms with Crippen LogP contribution in [0, 0.1) is 12.8 Å². The maximum Gasteiger partial charge on any atom is 0.344 e. The van der Waals surface area contributed by atoms with Crippen LogP contribution in [-0.2, 0) is 14.8 Å². The quantitative estimate of drug-likeness (QED) is 0.652. The lowest BCUT2D eigenvalue weighted by Gasteiger charge is -2.33. The van der Waals surface area contributed by atoms with Gasteiger partial charge in [-0.3, -0.25) is 19.7 Å². The van der Waals surface area contributed by atoms with Crippen LogP contribution in [0.4, 0.5) is 10.5 Å². The van der Waals surface area contributed by atoms with E-state index in [9.17, 15) is 22.8 Å². The van der Waals surface area contributed by atoms with E-state index in [1.807, 2.05) is 0 Å². The number of sulfonamides is 1. The number of aryl methyl sites for hydroxylation is 1. The predicted molar refractivity (Wildman–Crippen MR) is 103 cm³/mol. The third-order valence-electron chi connectivity index (χ3n) is 5.30. The van der Waals surface area contributed by atoms with E-state index in [-0.39, 0.29) is 11.3 Å². The van der Waals surface area contributed by atoms with Crippen molar-refractivity contribution >= 4 is 33.6 Å². The van der Waals surface area contributed by atoms with Gasteiger partial charge < -0.3 is 5.32 Å². The van der Waals surface area contributed by atoms with E-state index in [1.54, 1.807) is 13.0 Å². The number of carbonyl (C=O) groups excluding carboxylic acids is 3. The standard InChI is InChI=1S/C18H24N4O5S/c1-11-6-8-18(9-7-11)16(24)22(17(25)19-18)20-15(23)13-5-4-12(2)14(10-13)21-28(3,26)27/h4-5,10-11,21H,6-9H2,1-3H3,(H,19,25)(H,20,23).